The van der Waals surface area contributed by atoms with Crippen LogP contribution in [0.15, 0.2) is 24.3 Å². The number of nitrogens with zero attached hydrogens (tertiary/aromatic N) is 4. The minimum Gasteiger partial charge on any atom is -0.343 e. The third kappa shape index (κ3) is 4.28. The van der Waals surface area contributed by atoms with Crippen molar-refractivity contribution in [2.45, 2.75) is 33.2 Å². The molecule has 1 N–H and O–H groups in total. The number of rotatable bonds is 4. The standard InChI is InChI=1S/C18H25N5OS/c1-4-19-17(24)23-10-9-22(12-14(23)3)18-20-16(21-25-18)11-15-7-5-13(2)6-8-15/h5-8,14H,4,9-12H2,1-3H3,(H,19,24). The molecule has 1 saturated heterocycles. The number of hydrogen-bond donors (Lipinski definition) is 1. The van der Waals surface area contributed by atoms with E-state index in [0.29, 0.717) is 13.1 Å². The number of hydrogen-bond acceptors (Lipinski definition) is 5. The highest BCUT2D eigenvalue weighted by atomic mass is 32.1. The van der Waals surface area contributed by atoms with E-state index in [1.807, 2.05) is 11.8 Å². The van der Waals surface area contributed by atoms with Gasteiger partial charge in [-0.3, -0.25) is 0 Å². The second kappa shape index (κ2) is 7.82. The summed E-state index contributed by atoms with van der Waals surface area (Å²) in [5.41, 5.74) is 2.49. The van der Waals surface area contributed by atoms with Crippen LogP contribution >= 0.6 is 11.5 Å². The zero-order valence-corrected chi connectivity index (χ0v) is 15.8. The van der Waals surface area contributed by atoms with Gasteiger partial charge in [-0.1, -0.05) is 29.8 Å². The minimum atomic E-state index is 0.0203. The van der Waals surface area contributed by atoms with Gasteiger partial charge in [0.25, 0.3) is 0 Å². The van der Waals surface area contributed by atoms with Gasteiger partial charge in [0, 0.05) is 50.2 Å². The Hall–Kier alpha value is -2.15. The quantitative estimate of drug-likeness (QED) is 0.912. The van der Waals surface area contributed by atoms with Crippen molar-refractivity contribution in [1.82, 2.24) is 19.6 Å². The van der Waals surface area contributed by atoms with E-state index < -0.39 is 0 Å². The maximum absolute atomic E-state index is 12.1. The lowest BCUT2D eigenvalue weighted by Crippen LogP contribution is -2.56. The maximum atomic E-state index is 12.1. The molecule has 2 amide bonds. The molecule has 0 radical (unpaired) electrons. The molecular formula is C18H25N5OS. The number of aromatic nitrogens is 2. The van der Waals surface area contributed by atoms with E-state index in [1.54, 1.807) is 0 Å². The van der Waals surface area contributed by atoms with Gasteiger partial charge >= 0.3 is 6.03 Å². The summed E-state index contributed by atoms with van der Waals surface area (Å²) in [5.74, 6) is 0.864. The zero-order chi connectivity index (χ0) is 17.8. The number of aryl methyl sites for hydroxylation is 1. The molecule has 7 heteroatoms. The number of benzene rings is 1. The van der Waals surface area contributed by atoms with Crippen LogP contribution in [-0.4, -0.2) is 52.5 Å². The Labute approximate surface area is 153 Å². The fourth-order valence-electron chi connectivity index (χ4n) is 3.02. The van der Waals surface area contributed by atoms with Crippen molar-refractivity contribution >= 4 is 22.7 Å². The zero-order valence-electron chi connectivity index (χ0n) is 15.0. The van der Waals surface area contributed by atoms with E-state index in [0.717, 1.165) is 30.5 Å². The number of urea groups is 1. The third-order valence-corrected chi connectivity index (χ3v) is 5.24. The fourth-order valence-corrected chi connectivity index (χ4v) is 3.74. The second-order valence-corrected chi connectivity index (χ2v) is 7.21. The van der Waals surface area contributed by atoms with E-state index in [2.05, 4.69) is 52.7 Å². The Morgan fingerprint density at radius 2 is 2.08 bits per heavy atom. The first-order valence-corrected chi connectivity index (χ1v) is 9.51. The molecule has 6 nitrogen and oxygen atoms in total. The fraction of sp³-hybridized carbons (Fsp3) is 0.500. The lowest BCUT2D eigenvalue weighted by atomic mass is 10.1. The maximum Gasteiger partial charge on any atom is 0.317 e. The van der Waals surface area contributed by atoms with Crippen LogP contribution in [0.1, 0.15) is 30.8 Å². The van der Waals surface area contributed by atoms with Gasteiger partial charge in [0.05, 0.1) is 0 Å². The largest absolute Gasteiger partial charge is 0.343 e. The number of carbonyl (C=O) groups is 1. The molecule has 2 heterocycles. The van der Waals surface area contributed by atoms with Crippen molar-refractivity contribution in [2.24, 2.45) is 0 Å². The summed E-state index contributed by atoms with van der Waals surface area (Å²) in [7, 11) is 0. The normalized spacial score (nSPS) is 17.6. The van der Waals surface area contributed by atoms with Crippen LogP contribution in [-0.2, 0) is 6.42 Å². The van der Waals surface area contributed by atoms with Gasteiger partial charge < -0.3 is 15.1 Å². The molecule has 1 atom stereocenters. The van der Waals surface area contributed by atoms with Crippen molar-refractivity contribution < 1.29 is 4.79 Å². The van der Waals surface area contributed by atoms with Crippen LogP contribution < -0.4 is 10.2 Å². The van der Waals surface area contributed by atoms with Crippen LogP contribution in [0.2, 0.25) is 0 Å². The summed E-state index contributed by atoms with van der Waals surface area (Å²) in [6, 6.07) is 8.67. The topological polar surface area (TPSA) is 61.4 Å². The van der Waals surface area contributed by atoms with Gasteiger partial charge in [-0.15, -0.1) is 0 Å². The Morgan fingerprint density at radius 1 is 1.32 bits per heavy atom. The van der Waals surface area contributed by atoms with Crippen LogP contribution in [0.4, 0.5) is 9.93 Å². The lowest BCUT2D eigenvalue weighted by Gasteiger charge is -2.39. The van der Waals surface area contributed by atoms with Gasteiger partial charge in [-0.25, -0.2) is 9.78 Å². The Kier molecular flexibility index (Phi) is 5.53. The number of carbonyl (C=O) groups excluding carboxylic acids is 1. The van der Waals surface area contributed by atoms with E-state index >= 15 is 0 Å². The Bertz CT molecular complexity index is 715. The SMILES string of the molecule is CCNC(=O)N1CCN(c2nc(Cc3ccc(C)cc3)ns2)CC1C. The first-order chi connectivity index (χ1) is 12.1. The van der Waals surface area contributed by atoms with Crippen LogP contribution in [0.25, 0.3) is 0 Å². The number of amides is 2. The van der Waals surface area contributed by atoms with Gasteiger partial charge in [-0.2, -0.15) is 4.37 Å². The molecule has 1 aliphatic heterocycles. The number of piperazine rings is 1. The van der Waals surface area contributed by atoms with Gasteiger partial charge in [0.15, 0.2) is 0 Å². The highest BCUT2D eigenvalue weighted by molar-refractivity contribution is 7.09. The molecule has 0 bridgehead atoms. The van der Waals surface area contributed by atoms with Crippen molar-refractivity contribution in [2.75, 3.05) is 31.1 Å². The first-order valence-electron chi connectivity index (χ1n) is 8.74. The molecule has 2 aromatic rings. The van der Waals surface area contributed by atoms with Crippen molar-refractivity contribution in [3.8, 4) is 0 Å². The average Bonchev–Trinajstić information content (AvgIpc) is 3.05. The highest BCUT2D eigenvalue weighted by Gasteiger charge is 2.28. The van der Waals surface area contributed by atoms with Crippen molar-refractivity contribution in [3.63, 3.8) is 0 Å². The molecule has 1 fully saturated rings. The predicted molar refractivity (Wildman–Crippen MR) is 101 cm³/mol. The molecule has 25 heavy (non-hydrogen) atoms. The van der Waals surface area contributed by atoms with E-state index in [1.165, 1.54) is 22.7 Å². The van der Waals surface area contributed by atoms with Crippen molar-refractivity contribution in [3.05, 3.63) is 41.2 Å². The molecule has 1 aliphatic rings. The molecule has 3 rings (SSSR count). The second-order valence-electron chi connectivity index (χ2n) is 6.48. The Balaban J connectivity index is 1.61. The minimum absolute atomic E-state index is 0.0203. The molecular weight excluding hydrogens is 334 g/mol. The third-order valence-electron chi connectivity index (χ3n) is 4.43. The van der Waals surface area contributed by atoms with Crippen LogP contribution in [0.3, 0.4) is 0 Å². The molecule has 134 valence electrons. The number of nitrogens with one attached hydrogen (secondary N) is 1. The lowest BCUT2D eigenvalue weighted by molar-refractivity contribution is 0.172. The Morgan fingerprint density at radius 3 is 2.76 bits per heavy atom. The van der Waals surface area contributed by atoms with Crippen LogP contribution in [0, 0.1) is 6.92 Å². The molecule has 0 aliphatic carbocycles. The summed E-state index contributed by atoms with van der Waals surface area (Å²) in [6.45, 7) is 9.05. The van der Waals surface area contributed by atoms with Crippen molar-refractivity contribution in [1.29, 1.82) is 0 Å². The smallest absolute Gasteiger partial charge is 0.317 e. The van der Waals surface area contributed by atoms with E-state index in [4.69, 9.17) is 4.98 Å². The number of anilines is 1. The highest BCUT2D eigenvalue weighted by Crippen LogP contribution is 2.22. The van der Waals surface area contributed by atoms with E-state index in [-0.39, 0.29) is 12.1 Å². The van der Waals surface area contributed by atoms with Gasteiger partial charge in [0.1, 0.15) is 5.82 Å². The van der Waals surface area contributed by atoms with E-state index in [9.17, 15) is 4.79 Å². The summed E-state index contributed by atoms with van der Waals surface area (Å²) < 4.78 is 4.51. The molecule has 1 aromatic heterocycles. The summed E-state index contributed by atoms with van der Waals surface area (Å²) >= 11 is 1.45. The van der Waals surface area contributed by atoms with Gasteiger partial charge in [-0.05, 0) is 26.3 Å². The summed E-state index contributed by atoms with van der Waals surface area (Å²) in [4.78, 5) is 20.9. The average molecular weight is 359 g/mol. The van der Waals surface area contributed by atoms with Gasteiger partial charge in [0.2, 0.25) is 5.13 Å². The molecule has 1 aromatic carbocycles. The molecule has 0 saturated carbocycles. The summed E-state index contributed by atoms with van der Waals surface area (Å²) in [5, 5.41) is 3.83. The molecule has 0 spiro atoms. The molecule has 1 unspecified atom stereocenters. The monoisotopic (exact) mass is 359 g/mol. The summed E-state index contributed by atoms with van der Waals surface area (Å²) in [6.07, 6.45) is 0.755. The predicted octanol–water partition coefficient (Wildman–Crippen LogP) is 2.68. The van der Waals surface area contributed by atoms with Crippen LogP contribution in [0.5, 0.6) is 0 Å². The first kappa shape index (κ1) is 17.7.